The maximum absolute atomic E-state index is 13.0. The lowest BCUT2D eigenvalue weighted by atomic mass is 9.94. The van der Waals surface area contributed by atoms with Gasteiger partial charge in [-0.2, -0.15) is 0 Å². The van der Waals surface area contributed by atoms with Gasteiger partial charge < -0.3 is 25.2 Å². The van der Waals surface area contributed by atoms with E-state index < -0.39 is 29.7 Å². The molecule has 30 heavy (non-hydrogen) atoms. The molecule has 8 nitrogen and oxygen atoms in total. The lowest BCUT2D eigenvalue weighted by Gasteiger charge is -2.24. The Labute approximate surface area is 175 Å². The van der Waals surface area contributed by atoms with Gasteiger partial charge in [0.15, 0.2) is 5.78 Å². The van der Waals surface area contributed by atoms with Crippen molar-refractivity contribution in [2.24, 2.45) is 0 Å². The normalized spacial score (nSPS) is 21.9. The number of nitrogens with one attached hydrogen (secondary N) is 2. The number of hydrogen-bond acceptors (Lipinski definition) is 5. The molecule has 1 aromatic carbocycles. The van der Waals surface area contributed by atoms with E-state index in [-0.39, 0.29) is 12.2 Å². The number of ketones is 1. The predicted octanol–water partition coefficient (Wildman–Crippen LogP) is 2.22. The van der Waals surface area contributed by atoms with Crippen LogP contribution in [-0.2, 0) is 20.7 Å². The zero-order valence-corrected chi connectivity index (χ0v) is 17.3. The summed E-state index contributed by atoms with van der Waals surface area (Å²) in [4.78, 5) is 37.1. The Morgan fingerprint density at radius 1 is 1.17 bits per heavy atom. The molecule has 3 atom stereocenters. The molecule has 1 aliphatic carbocycles. The highest BCUT2D eigenvalue weighted by Crippen LogP contribution is 2.31. The van der Waals surface area contributed by atoms with E-state index >= 15 is 0 Å². The summed E-state index contributed by atoms with van der Waals surface area (Å²) in [6, 6.07) is 5.26. The van der Waals surface area contributed by atoms with E-state index in [0.29, 0.717) is 18.8 Å². The lowest BCUT2D eigenvalue weighted by molar-refractivity contribution is -0.131. The van der Waals surface area contributed by atoms with Crippen LogP contribution in [0.5, 0.6) is 5.75 Å². The Kier molecular flexibility index (Phi) is 6.77. The van der Waals surface area contributed by atoms with Gasteiger partial charge in [0.05, 0.1) is 19.8 Å². The molecule has 2 amide bonds. The summed E-state index contributed by atoms with van der Waals surface area (Å²) in [6.45, 7) is 2.04. The van der Waals surface area contributed by atoms with Crippen molar-refractivity contribution in [3.05, 3.63) is 41.5 Å². The number of methoxy groups -OCH3 is 1. The van der Waals surface area contributed by atoms with Gasteiger partial charge in [0.2, 0.25) is 5.91 Å². The van der Waals surface area contributed by atoms with E-state index in [4.69, 9.17) is 9.47 Å². The molecule has 0 bridgehead atoms. The standard InChI is InChI=1S/C22H28N2O6/c1-22(13-30-22)19(25)17(11-14-5-3-4-6-14)23-20(26)18(24-21(27)28)12-15-7-9-16(29-2)10-8-15/h5,7-10,17-18,24H,3-4,6,11-13H2,1-2H3,(H,23,26)(H,27,28)/t17-,18-,22-/m0/s1. The third kappa shape index (κ3) is 5.60. The molecular weight excluding hydrogens is 388 g/mol. The van der Waals surface area contributed by atoms with Gasteiger partial charge in [-0.25, -0.2) is 4.79 Å². The second kappa shape index (κ2) is 9.30. The van der Waals surface area contributed by atoms with Gasteiger partial charge in [0, 0.05) is 6.42 Å². The number of amides is 2. The third-order valence-corrected chi connectivity index (χ3v) is 5.55. The Hall–Kier alpha value is -2.87. The molecule has 1 fully saturated rings. The first-order valence-electron chi connectivity index (χ1n) is 10.1. The molecule has 1 aliphatic heterocycles. The van der Waals surface area contributed by atoms with Crippen molar-refractivity contribution in [2.75, 3.05) is 13.7 Å². The van der Waals surface area contributed by atoms with E-state index in [2.05, 4.69) is 16.7 Å². The number of carboxylic acid groups (broad SMARTS) is 1. The Morgan fingerprint density at radius 2 is 1.87 bits per heavy atom. The molecule has 8 heteroatoms. The monoisotopic (exact) mass is 416 g/mol. The van der Waals surface area contributed by atoms with Crippen LogP contribution in [0.2, 0.25) is 0 Å². The van der Waals surface area contributed by atoms with Gasteiger partial charge in [-0.15, -0.1) is 0 Å². The highest BCUT2D eigenvalue weighted by Gasteiger charge is 2.50. The van der Waals surface area contributed by atoms with Crippen molar-refractivity contribution in [3.8, 4) is 5.75 Å². The summed E-state index contributed by atoms with van der Waals surface area (Å²) in [7, 11) is 1.55. The summed E-state index contributed by atoms with van der Waals surface area (Å²) in [5.74, 6) is -0.0456. The number of carbonyl (C=O) groups excluding carboxylic acids is 2. The quantitative estimate of drug-likeness (QED) is 0.398. The fourth-order valence-electron chi connectivity index (χ4n) is 3.64. The van der Waals surface area contributed by atoms with Crippen LogP contribution in [0.15, 0.2) is 35.9 Å². The summed E-state index contributed by atoms with van der Waals surface area (Å²) in [6.07, 6.45) is 4.29. The van der Waals surface area contributed by atoms with Crippen molar-refractivity contribution in [1.29, 1.82) is 0 Å². The zero-order valence-electron chi connectivity index (χ0n) is 17.3. The maximum Gasteiger partial charge on any atom is 0.405 e. The minimum Gasteiger partial charge on any atom is -0.497 e. The summed E-state index contributed by atoms with van der Waals surface area (Å²) in [5.41, 5.74) is 1.03. The number of carbonyl (C=O) groups is 3. The Balaban J connectivity index is 1.72. The van der Waals surface area contributed by atoms with Crippen LogP contribution in [0.1, 0.15) is 38.2 Å². The SMILES string of the molecule is COc1ccc(C[C@H](NC(=O)O)C(=O)N[C@@H](CC2=CCCC2)C(=O)[C@]2(C)CO2)cc1. The van der Waals surface area contributed by atoms with Gasteiger partial charge >= 0.3 is 6.09 Å². The molecule has 1 heterocycles. The van der Waals surface area contributed by atoms with E-state index in [0.717, 1.165) is 30.4 Å². The molecule has 0 saturated carbocycles. The summed E-state index contributed by atoms with van der Waals surface area (Å²) in [5, 5.41) is 14.2. The van der Waals surface area contributed by atoms with E-state index in [1.165, 1.54) is 0 Å². The lowest BCUT2D eigenvalue weighted by Crippen LogP contribution is -2.54. The maximum atomic E-state index is 13.0. The van der Waals surface area contributed by atoms with E-state index in [1.54, 1.807) is 38.3 Å². The second-order valence-electron chi connectivity index (χ2n) is 7.96. The molecule has 2 aliphatic rings. The first-order valence-corrected chi connectivity index (χ1v) is 10.1. The van der Waals surface area contributed by atoms with E-state index in [1.807, 2.05) is 0 Å². The number of allylic oxidation sites excluding steroid dienone is 1. The first-order chi connectivity index (χ1) is 14.3. The third-order valence-electron chi connectivity index (χ3n) is 5.55. The fraction of sp³-hybridized carbons (Fsp3) is 0.500. The zero-order chi connectivity index (χ0) is 21.7. The first kappa shape index (κ1) is 21.8. The molecule has 0 aromatic heterocycles. The minimum atomic E-state index is -1.30. The number of benzene rings is 1. The highest BCUT2D eigenvalue weighted by molar-refractivity contribution is 5.97. The van der Waals surface area contributed by atoms with Crippen molar-refractivity contribution < 1.29 is 29.0 Å². The molecule has 0 radical (unpaired) electrons. The number of ether oxygens (including phenoxy) is 2. The molecule has 1 saturated heterocycles. The van der Waals surface area contributed by atoms with Crippen LogP contribution in [0.4, 0.5) is 4.79 Å². The molecule has 162 valence electrons. The van der Waals surface area contributed by atoms with Crippen molar-refractivity contribution in [2.45, 2.75) is 56.7 Å². The van der Waals surface area contributed by atoms with Gasteiger partial charge in [-0.05, 0) is 50.3 Å². The number of epoxide rings is 1. The van der Waals surface area contributed by atoms with E-state index in [9.17, 15) is 19.5 Å². The van der Waals surface area contributed by atoms with Gasteiger partial charge in [0.25, 0.3) is 0 Å². The smallest absolute Gasteiger partial charge is 0.405 e. The van der Waals surface area contributed by atoms with Crippen molar-refractivity contribution >= 4 is 17.8 Å². The van der Waals surface area contributed by atoms with Crippen LogP contribution >= 0.6 is 0 Å². The van der Waals surface area contributed by atoms with Crippen LogP contribution in [-0.4, -0.2) is 54.3 Å². The minimum absolute atomic E-state index is 0.152. The number of Topliss-reactive ketones (excluding diaryl/α,β-unsaturated/α-hetero) is 1. The average Bonchev–Trinajstić information content (AvgIpc) is 3.26. The average molecular weight is 416 g/mol. The Bertz CT molecular complexity index is 829. The van der Waals surface area contributed by atoms with Crippen LogP contribution in [0, 0.1) is 0 Å². The molecule has 1 aromatic rings. The summed E-state index contributed by atoms with van der Waals surface area (Å²) < 4.78 is 10.4. The number of rotatable bonds is 10. The molecule has 3 N–H and O–H groups in total. The largest absolute Gasteiger partial charge is 0.497 e. The fourth-order valence-corrected chi connectivity index (χ4v) is 3.64. The van der Waals surface area contributed by atoms with Crippen LogP contribution in [0.25, 0.3) is 0 Å². The second-order valence-corrected chi connectivity index (χ2v) is 7.96. The molecule has 0 unspecified atom stereocenters. The van der Waals surface area contributed by atoms with Crippen LogP contribution in [0.3, 0.4) is 0 Å². The topological polar surface area (TPSA) is 117 Å². The van der Waals surface area contributed by atoms with Gasteiger partial charge in [-0.3, -0.25) is 9.59 Å². The van der Waals surface area contributed by atoms with Crippen molar-refractivity contribution in [1.82, 2.24) is 10.6 Å². The summed E-state index contributed by atoms with van der Waals surface area (Å²) >= 11 is 0. The predicted molar refractivity (Wildman–Crippen MR) is 109 cm³/mol. The highest BCUT2D eigenvalue weighted by atomic mass is 16.6. The van der Waals surface area contributed by atoms with Crippen LogP contribution < -0.4 is 15.4 Å². The van der Waals surface area contributed by atoms with Crippen molar-refractivity contribution in [3.63, 3.8) is 0 Å². The van der Waals surface area contributed by atoms with Gasteiger partial charge in [0.1, 0.15) is 17.4 Å². The molecular formula is C22H28N2O6. The Morgan fingerprint density at radius 3 is 2.40 bits per heavy atom. The molecule has 0 spiro atoms. The molecule has 3 rings (SSSR count). The number of hydrogen-bond donors (Lipinski definition) is 3. The van der Waals surface area contributed by atoms with Gasteiger partial charge in [-0.1, -0.05) is 23.8 Å².